The second-order valence-electron chi connectivity index (χ2n) is 4.46. The van der Waals surface area contributed by atoms with Crippen LogP contribution in [0.1, 0.15) is 0 Å². The van der Waals surface area contributed by atoms with Gasteiger partial charge in [-0.3, -0.25) is 13.7 Å². The summed E-state index contributed by atoms with van der Waals surface area (Å²) < 4.78 is 94.8. The van der Waals surface area contributed by atoms with Gasteiger partial charge in [-0.2, -0.15) is 25.3 Å². The molecule has 0 fully saturated rings. The number of benzene rings is 2. The fourth-order valence-electron chi connectivity index (χ4n) is 1.93. The van der Waals surface area contributed by atoms with Gasteiger partial charge in [-0.05, 0) is 29.7 Å². The van der Waals surface area contributed by atoms with Crippen molar-refractivity contribution in [3.8, 4) is 0 Å². The van der Waals surface area contributed by atoms with Crippen molar-refractivity contribution in [2.24, 2.45) is 0 Å². The minimum Gasteiger partial charge on any atom is -0.398 e. The quantitative estimate of drug-likeness (QED) is 0.208. The van der Waals surface area contributed by atoms with E-state index in [2.05, 4.69) is 0 Å². The van der Waals surface area contributed by atoms with Crippen molar-refractivity contribution < 1.29 is 98.0 Å². The van der Waals surface area contributed by atoms with Crippen molar-refractivity contribution >= 4 is 46.8 Å². The third-order valence-electron chi connectivity index (χ3n) is 2.87. The second-order valence-corrected chi connectivity index (χ2v) is 8.66. The molecule has 0 heterocycles. The zero-order valence-electron chi connectivity index (χ0n) is 12.9. The van der Waals surface area contributed by atoms with Crippen LogP contribution >= 0.6 is 0 Å². The number of fused-ring (bicyclic) bond motifs is 1. The fourth-order valence-corrected chi connectivity index (χ4v) is 3.91. The Labute approximate surface area is 187 Å². The third-order valence-corrected chi connectivity index (χ3v) is 5.51. The van der Waals surface area contributed by atoms with Crippen LogP contribution in [0.15, 0.2) is 39.0 Å². The Hall–Kier alpha value is 0.230. The molecule has 2 aromatic rings. The molecule has 0 amide bonds. The molecular formula is C10H9NNa2O9S3+2. The van der Waals surface area contributed by atoms with Gasteiger partial charge in [0.05, 0.1) is 10.6 Å². The zero-order valence-corrected chi connectivity index (χ0v) is 19.4. The summed E-state index contributed by atoms with van der Waals surface area (Å²) in [6.07, 6.45) is 0. The van der Waals surface area contributed by atoms with Crippen LogP contribution in [0.4, 0.5) is 5.69 Å². The van der Waals surface area contributed by atoms with Gasteiger partial charge in [0.1, 0.15) is 9.79 Å². The van der Waals surface area contributed by atoms with Crippen molar-refractivity contribution in [2.75, 3.05) is 5.73 Å². The molecule has 0 saturated heterocycles. The summed E-state index contributed by atoms with van der Waals surface area (Å²) >= 11 is 0. The molecule has 0 aromatic heterocycles. The van der Waals surface area contributed by atoms with Crippen molar-refractivity contribution in [3.05, 3.63) is 24.3 Å². The minimum absolute atomic E-state index is 0. The first kappa shape index (κ1) is 25.2. The smallest absolute Gasteiger partial charge is 0.398 e. The summed E-state index contributed by atoms with van der Waals surface area (Å²) in [5, 5.41) is -0.612. The first-order chi connectivity index (χ1) is 10.2. The Balaban J connectivity index is 0.00000288. The van der Waals surface area contributed by atoms with Gasteiger partial charge in [-0.1, -0.05) is 0 Å². The molecule has 15 heteroatoms. The van der Waals surface area contributed by atoms with E-state index in [1.54, 1.807) is 0 Å². The van der Waals surface area contributed by atoms with Gasteiger partial charge in [0.2, 0.25) is 0 Å². The van der Waals surface area contributed by atoms with Gasteiger partial charge >= 0.3 is 59.1 Å². The Bertz CT molecular complexity index is 1140. The average molecular weight is 429 g/mol. The monoisotopic (exact) mass is 429 g/mol. The Morgan fingerprint density at radius 2 is 1.16 bits per heavy atom. The Morgan fingerprint density at radius 3 is 1.56 bits per heavy atom. The van der Waals surface area contributed by atoms with E-state index in [9.17, 15) is 29.8 Å². The molecule has 5 N–H and O–H groups in total. The van der Waals surface area contributed by atoms with Gasteiger partial charge in [-0.25, -0.2) is 0 Å². The maximum atomic E-state index is 11.4. The molecule has 0 saturated carbocycles. The van der Waals surface area contributed by atoms with Crippen LogP contribution in [-0.4, -0.2) is 38.9 Å². The van der Waals surface area contributed by atoms with E-state index >= 15 is 0 Å². The Morgan fingerprint density at radius 1 is 0.680 bits per heavy atom. The normalized spacial score (nSPS) is 12.3. The van der Waals surface area contributed by atoms with Crippen molar-refractivity contribution in [2.45, 2.75) is 14.7 Å². The summed E-state index contributed by atoms with van der Waals surface area (Å²) in [5.74, 6) is 0. The molecule has 25 heavy (non-hydrogen) atoms. The van der Waals surface area contributed by atoms with Crippen LogP contribution in [0.3, 0.4) is 0 Å². The summed E-state index contributed by atoms with van der Waals surface area (Å²) in [7, 11) is -14.5. The summed E-state index contributed by atoms with van der Waals surface area (Å²) in [6, 6.07) is 2.78. The maximum absolute atomic E-state index is 11.4. The van der Waals surface area contributed by atoms with Crippen molar-refractivity contribution in [3.63, 3.8) is 0 Å². The molecule has 0 unspecified atom stereocenters. The van der Waals surface area contributed by atoms with Gasteiger partial charge in [0.15, 0.2) is 0 Å². The van der Waals surface area contributed by atoms with Gasteiger partial charge in [0.25, 0.3) is 30.4 Å². The number of hydrogen-bond acceptors (Lipinski definition) is 7. The van der Waals surface area contributed by atoms with Crippen LogP contribution in [0.25, 0.3) is 10.8 Å². The molecule has 0 bridgehead atoms. The topological polar surface area (TPSA) is 189 Å². The Kier molecular flexibility index (Phi) is 8.15. The van der Waals surface area contributed by atoms with E-state index in [1.807, 2.05) is 0 Å². The molecule has 126 valence electrons. The van der Waals surface area contributed by atoms with Gasteiger partial charge < -0.3 is 5.73 Å². The predicted molar refractivity (Wildman–Crippen MR) is 77.8 cm³/mol. The van der Waals surface area contributed by atoms with Crippen LogP contribution in [0.5, 0.6) is 0 Å². The molecule has 0 aliphatic carbocycles. The molecule has 10 nitrogen and oxygen atoms in total. The third kappa shape index (κ3) is 5.60. The first-order valence-electron chi connectivity index (χ1n) is 5.51. The maximum Gasteiger partial charge on any atom is 1.00 e. The van der Waals surface area contributed by atoms with Crippen molar-refractivity contribution in [1.82, 2.24) is 0 Å². The summed E-state index contributed by atoms with van der Waals surface area (Å²) in [4.78, 5) is -2.60. The van der Waals surface area contributed by atoms with E-state index in [0.29, 0.717) is 12.1 Å². The molecule has 0 spiro atoms. The standard InChI is InChI=1S/C10H9NO9S3.2Na/c11-8-4-7-5(2-10(8)23(18,19)20)1-6(21(12,13)14)3-9(7)22(15,16)17;;/h1-4H,11H2,(H,12,13,14)(H,15,16,17)(H,18,19,20);;/q;2*+1. The zero-order chi connectivity index (χ0) is 17.8. The van der Waals surface area contributed by atoms with E-state index in [1.165, 1.54) is 0 Å². The van der Waals surface area contributed by atoms with E-state index in [-0.39, 0.29) is 69.9 Å². The van der Waals surface area contributed by atoms with E-state index < -0.39 is 50.7 Å². The number of hydrogen-bond donors (Lipinski definition) is 4. The first-order valence-corrected chi connectivity index (χ1v) is 9.83. The number of anilines is 1. The van der Waals surface area contributed by atoms with E-state index in [4.69, 9.17) is 14.8 Å². The van der Waals surface area contributed by atoms with Crippen LogP contribution in [0.2, 0.25) is 0 Å². The van der Waals surface area contributed by atoms with E-state index in [0.717, 1.165) is 12.1 Å². The summed E-state index contributed by atoms with van der Waals surface area (Å²) in [5.41, 5.74) is 4.90. The molecule has 0 radical (unpaired) electrons. The number of nitrogens with two attached hydrogens (primary N) is 1. The largest absolute Gasteiger partial charge is 1.00 e. The van der Waals surface area contributed by atoms with Gasteiger partial charge in [0, 0.05) is 5.39 Å². The second kappa shape index (κ2) is 8.08. The molecule has 0 aliphatic rings. The molecule has 0 atom stereocenters. The molecule has 2 aromatic carbocycles. The average Bonchev–Trinajstić information content (AvgIpc) is 2.32. The number of nitrogen functional groups attached to an aromatic ring is 1. The predicted octanol–water partition coefficient (Wildman–Crippen LogP) is -5.83. The SMILES string of the molecule is Nc1cc2c(S(=O)(=O)O)cc(S(=O)(=O)O)cc2cc1S(=O)(=O)O.[Na+].[Na+]. The van der Waals surface area contributed by atoms with Crippen LogP contribution in [0, 0.1) is 0 Å². The van der Waals surface area contributed by atoms with Crippen LogP contribution in [-0.2, 0) is 30.4 Å². The van der Waals surface area contributed by atoms with Crippen LogP contribution < -0.4 is 64.8 Å². The minimum atomic E-state index is -4.92. The fraction of sp³-hybridized carbons (Fsp3) is 0. The molecular weight excluding hydrogens is 420 g/mol. The van der Waals surface area contributed by atoms with Gasteiger partial charge in [-0.15, -0.1) is 0 Å². The molecule has 0 aliphatic heterocycles. The van der Waals surface area contributed by atoms with Crippen molar-refractivity contribution in [1.29, 1.82) is 0 Å². The number of rotatable bonds is 3. The molecule has 2 rings (SSSR count). The summed E-state index contributed by atoms with van der Waals surface area (Å²) in [6.45, 7) is 0.